The molecule has 0 spiro atoms. The van der Waals surface area contributed by atoms with E-state index in [4.69, 9.17) is 0 Å². The van der Waals surface area contributed by atoms with E-state index in [9.17, 15) is 0 Å². The molecule has 0 N–H and O–H groups in total. The second kappa shape index (κ2) is 39.4. The molecule has 0 aliphatic heterocycles. The highest BCUT2D eigenvalue weighted by molar-refractivity contribution is 4.56. The molecule has 0 aromatic carbocycles. The summed E-state index contributed by atoms with van der Waals surface area (Å²) in [7, 11) is 0. The van der Waals surface area contributed by atoms with Gasteiger partial charge in [0.25, 0.3) is 0 Å². The summed E-state index contributed by atoms with van der Waals surface area (Å²) in [4.78, 5) is 0. The number of hydrogen-bond acceptors (Lipinski definition) is 0. The summed E-state index contributed by atoms with van der Waals surface area (Å²) in [6, 6.07) is 0. The van der Waals surface area contributed by atoms with Crippen molar-refractivity contribution >= 4 is 0 Å². The minimum Gasteiger partial charge on any atom is -0.324 e. The Kier molecular flexibility index (Phi) is 39.4. The van der Waals surface area contributed by atoms with Crippen LogP contribution < -0.4 is 0 Å². The molecule has 0 aliphatic carbocycles. The molecule has 0 heterocycles. The third-order valence-corrected chi connectivity index (χ3v) is 11.2. The number of nitrogens with zero attached hydrogens (tertiary/aromatic N) is 1. The van der Waals surface area contributed by atoms with Crippen molar-refractivity contribution in [2.75, 3.05) is 26.2 Å². The average Bonchev–Trinajstić information content (AvgIpc) is 3.06. The minimum atomic E-state index is 1.37. The Morgan fingerprint density at radius 1 is 0.174 bits per heavy atom. The van der Waals surface area contributed by atoms with E-state index in [1.807, 2.05) is 0 Å². The Morgan fingerprint density at radius 3 is 0.457 bits per heavy atom. The van der Waals surface area contributed by atoms with Gasteiger partial charge in [-0.05, 0) is 51.4 Å². The van der Waals surface area contributed by atoms with Gasteiger partial charge >= 0.3 is 0 Å². The van der Waals surface area contributed by atoms with Gasteiger partial charge in [0.1, 0.15) is 0 Å². The molecule has 0 rings (SSSR count). The van der Waals surface area contributed by atoms with Crippen molar-refractivity contribution in [2.24, 2.45) is 0 Å². The Hall–Kier alpha value is -0.0400. The van der Waals surface area contributed by atoms with Crippen LogP contribution in [0.4, 0.5) is 0 Å². The van der Waals surface area contributed by atoms with Crippen LogP contribution in [-0.2, 0) is 0 Å². The van der Waals surface area contributed by atoms with Crippen LogP contribution in [0.1, 0.15) is 265 Å². The normalized spacial score (nSPS) is 12.0. The third-order valence-electron chi connectivity index (χ3n) is 11.2. The van der Waals surface area contributed by atoms with Gasteiger partial charge in [-0.3, -0.25) is 0 Å². The first-order chi connectivity index (χ1) is 22.7. The van der Waals surface area contributed by atoms with E-state index in [-0.39, 0.29) is 0 Å². The summed E-state index contributed by atoms with van der Waals surface area (Å²) < 4.78 is 1.48. The smallest absolute Gasteiger partial charge is 0.0786 e. The summed E-state index contributed by atoms with van der Waals surface area (Å²) >= 11 is 0. The summed E-state index contributed by atoms with van der Waals surface area (Å²) in [5.74, 6) is 0. The number of unbranched alkanes of at least 4 members (excludes halogenated alkanes) is 33. The van der Waals surface area contributed by atoms with E-state index in [0.717, 1.165) is 0 Å². The molecule has 0 fully saturated rings. The van der Waals surface area contributed by atoms with Crippen molar-refractivity contribution < 1.29 is 4.48 Å². The van der Waals surface area contributed by atoms with Crippen LogP contribution in [-0.4, -0.2) is 30.7 Å². The summed E-state index contributed by atoms with van der Waals surface area (Å²) in [6.45, 7) is 15.3. The molecule has 0 aromatic heterocycles. The van der Waals surface area contributed by atoms with Crippen molar-refractivity contribution in [2.45, 2.75) is 265 Å². The van der Waals surface area contributed by atoms with Gasteiger partial charge in [0.15, 0.2) is 0 Å². The number of rotatable bonds is 41. The van der Waals surface area contributed by atoms with Crippen LogP contribution in [0, 0.1) is 0 Å². The predicted octanol–water partition coefficient (Wildman–Crippen LogP) is 16.3. The Bertz CT molecular complexity index is 482. The average molecular weight is 649 g/mol. The molecule has 0 saturated heterocycles. The molecule has 1 heteroatoms. The summed E-state index contributed by atoms with van der Waals surface area (Å²) in [5.41, 5.74) is 0. The van der Waals surface area contributed by atoms with Crippen LogP contribution in [0.2, 0.25) is 0 Å². The molecule has 1 nitrogen and oxygen atoms in total. The zero-order chi connectivity index (χ0) is 33.5. The van der Waals surface area contributed by atoms with Crippen LogP contribution in [0.3, 0.4) is 0 Å². The molecule has 278 valence electrons. The molecule has 0 aromatic rings. The Balaban J connectivity index is 4.56. The molecule has 0 unspecified atom stereocenters. The van der Waals surface area contributed by atoms with Gasteiger partial charge in [0, 0.05) is 0 Å². The van der Waals surface area contributed by atoms with Gasteiger partial charge in [0.05, 0.1) is 26.2 Å². The molecular formula is C45H94N+. The SMILES string of the molecule is CCCCCCCCCCCCCCCCCC[N+](CCCCCCCCC)(CCCCCCCCC)CCCCCCCCC. The molecule has 0 amide bonds. The van der Waals surface area contributed by atoms with Crippen molar-refractivity contribution in [3.8, 4) is 0 Å². The van der Waals surface area contributed by atoms with E-state index in [2.05, 4.69) is 27.7 Å². The van der Waals surface area contributed by atoms with E-state index in [1.165, 1.54) is 268 Å². The van der Waals surface area contributed by atoms with Crippen molar-refractivity contribution in [3.05, 3.63) is 0 Å². The first kappa shape index (κ1) is 46.0. The fourth-order valence-corrected chi connectivity index (χ4v) is 7.88. The highest BCUT2D eigenvalue weighted by Gasteiger charge is 2.25. The lowest BCUT2D eigenvalue weighted by atomic mass is 10.0. The van der Waals surface area contributed by atoms with E-state index in [0.29, 0.717) is 0 Å². The third kappa shape index (κ3) is 33.8. The largest absolute Gasteiger partial charge is 0.324 e. The van der Waals surface area contributed by atoms with Crippen molar-refractivity contribution in [1.29, 1.82) is 0 Å². The van der Waals surface area contributed by atoms with Crippen molar-refractivity contribution in [3.63, 3.8) is 0 Å². The maximum atomic E-state index is 2.35. The quantitative estimate of drug-likeness (QED) is 0.0457. The van der Waals surface area contributed by atoms with Gasteiger partial charge in [-0.25, -0.2) is 0 Å². The van der Waals surface area contributed by atoms with Crippen LogP contribution >= 0.6 is 0 Å². The van der Waals surface area contributed by atoms with Crippen LogP contribution in [0.15, 0.2) is 0 Å². The summed E-state index contributed by atoms with van der Waals surface area (Å²) in [5, 5.41) is 0. The first-order valence-electron chi connectivity index (χ1n) is 22.6. The predicted molar refractivity (Wildman–Crippen MR) is 213 cm³/mol. The highest BCUT2D eigenvalue weighted by atomic mass is 15.3. The standard InChI is InChI=1S/C45H94N/c1-5-9-13-17-21-22-23-24-25-26-27-28-29-33-37-41-45-46(42-38-34-30-18-14-10-6-2,43-39-35-31-19-15-11-7-3)44-40-36-32-20-16-12-8-4/h5-45H2,1-4H3/q+1. The van der Waals surface area contributed by atoms with Gasteiger partial charge in [-0.15, -0.1) is 0 Å². The minimum absolute atomic E-state index is 1.37. The molecular weight excluding hydrogens is 555 g/mol. The lowest BCUT2D eigenvalue weighted by Crippen LogP contribution is -2.50. The monoisotopic (exact) mass is 649 g/mol. The Morgan fingerprint density at radius 2 is 0.304 bits per heavy atom. The van der Waals surface area contributed by atoms with E-state index >= 15 is 0 Å². The van der Waals surface area contributed by atoms with Gasteiger partial charge < -0.3 is 4.48 Å². The second-order valence-electron chi connectivity index (χ2n) is 15.9. The Labute approximate surface area is 295 Å². The second-order valence-corrected chi connectivity index (χ2v) is 15.9. The molecule has 46 heavy (non-hydrogen) atoms. The van der Waals surface area contributed by atoms with E-state index < -0.39 is 0 Å². The summed E-state index contributed by atoms with van der Waals surface area (Å²) in [6.07, 6.45) is 54.2. The fraction of sp³-hybridized carbons (Fsp3) is 1.00. The fourth-order valence-electron chi connectivity index (χ4n) is 7.88. The maximum absolute atomic E-state index is 2.35. The number of quaternary nitrogens is 1. The zero-order valence-corrected chi connectivity index (χ0v) is 33.4. The molecule has 0 aliphatic rings. The van der Waals surface area contributed by atoms with Gasteiger partial charge in [-0.1, -0.05) is 214 Å². The lowest BCUT2D eigenvalue weighted by Gasteiger charge is -2.40. The van der Waals surface area contributed by atoms with Crippen LogP contribution in [0.5, 0.6) is 0 Å². The lowest BCUT2D eigenvalue weighted by molar-refractivity contribution is -0.929. The number of hydrogen-bond donors (Lipinski definition) is 0. The zero-order valence-electron chi connectivity index (χ0n) is 33.4. The maximum Gasteiger partial charge on any atom is 0.0786 e. The van der Waals surface area contributed by atoms with E-state index in [1.54, 1.807) is 0 Å². The highest BCUT2D eigenvalue weighted by Crippen LogP contribution is 2.21. The molecule has 0 atom stereocenters. The van der Waals surface area contributed by atoms with Gasteiger partial charge in [0.2, 0.25) is 0 Å². The first-order valence-corrected chi connectivity index (χ1v) is 22.6. The van der Waals surface area contributed by atoms with Gasteiger partial charge in [-0.2, -0.15) is 0 Å². The molecule has 0 bridgehead atoms. The molecule has 0 radical (unpaired) electrons. The molecule has 0 saturated carbocycles. The van der Waals surface area contributed by atoms with Crippen LogP contribution in [0.25, 0.3) is 0 Å². The topological polar surface area (TPSA) is 0 Å². The van der Waals surface area contributed by atoms with Crippen molar-refractivity contribution in [1.82, 2.24) is 0 Å².